The lowest BCUT2D eigenvalue weighted by molar-refractivity contribution is -0.136. The molecule has 0 saturated heterocycles. The van der Waals surface area contributed by atoms with Crippen molar-refractivity contribution in [2.24, 2.45) is 0 Å². The van der Waals surface area contributed by atoms with E-state index in [1.54, 1.807) is 0 Å². The standard InChI is InChI=1S/C12H24N4O4/c17-10-16-11(18)4-7-13-5-2-1-3-6-14-9-15-8-12(19)20/h10,13-15H,1-9H2,(H,19,20)(H,16,17,18). The first-order chi connectivity index (χ1) is 9.66. The molecular formula is C12H24N4O4. The highest BCUT2D eigenvalue weighted by atomic mass is 16.4. The number of hydrogen-bond donors (Lipinski definition) is 5. The molecule has 8 nitrogen and oxygen atoms in total. The maximum absolute atomic E-state index is 10.9. The van der Waals surface area contributed by atoms with Gasteiger partial charge in [0.1, 0.15) is 0 Å². The molecule has 0 aromatic rings. The van der Waals surface area contributed by atoms with Crippen LogP contribution in [0.5, 0.6) is 0 Å². The van der Waals surface area contributed by atoms with Crippen molar-refractivity contribution in [3.05, 3.63) is 0 Å². The molecule has 0 unspecified atom stereocenters. The number of nitrogens with one attached hydrogen (secondary N) is 4. The minimum absolute atomic E-state index is 0.0331. The number of aliphatic carboxylic acids is 1. The topological polar surface area (TPSA) is 120 Å². The Balaban J connectivity index is 3.08. The Kier molecular flexibility index (Phi) is 12.9. The summed E-state index contributed by atoms with van der Waals surface area (Å²) < 4.78 is 0. The van der Waals surface area contributed by atoms with E-state index in [9.17, 15) is 14.4 Å². The van der Waals surface area contributed by atoms with Crippen molar-refractivity contribution in [2.75, 3.05) is 32.8 Å². The number of imide groups is 1. The summed E-state index contributed by atoms with van der Waals surface area (Å²) in [6.45, 7) is 2.71. The predicted molar refractivity (Wildman–Crippen MR) is 74.1 cm³/mol. The summed E-state index contributed by atoms with van der Waals surface area (Å²) in [5.74, 6) is -1.13. The molecular weight excluding hydrogens is 264 g/mol. The zero-order chi connectivity index (χ0) is 15.1. The molecule has 0 rings (SSSR count). The molecule has 0 aliphatic heterocycles. The zero-order valence-corrected chi connectivity index (χ0v) is 11.6. The van der Waals surface area contributed by atoms with Crippen LogP contribution in [0.1, 0.15) is 25.7 Å². The van der Waals surface area contributed by atoms with E-state index in [-0.39, 0.29) is 12.5 Å². The summed E-state index contributed by atoms with van der Waals surface area (Å²) >= 11 is 0. The smallest absolute Gasteiger partial charge is 0.317 e. The molecule has 0 aromatic heterocycles. The van der Waals surface area contributed by atoms with E-state index < -0.39 is 5.97 Å². The third-order valence-corrected chi connectivity index (χ3v) is 2.48. The van der Waals surface area contributed by atoms with E-state index in [1.807, 2.05) is 0 Å². The minimum Gasteiger partial charge on any atom is -0.480 e. The van der Waals surface area contributed by atoms with Crippen molar-refractivity contribution < 1.29 is 19.5 Å². The molecule has 0 fully saturated rings. The van der Waals surface area contributed by atoms with Crippen molar-refractivity contribution in [3.63, 3.8) is 0 Å². The van der Waals surface area contributed by atoms with Crippen molar-refractivity contribution in [1.29, 1.82) is 0 Å². The molecule has 5 N–H and O–H groups in total. The van der Waals surface area contributed by atoms with E-state index >= 15 is 0 Å². The quantitative estimate of drug-likeness (QED) is 0.152. The molecule has 0 aliphatic rings. The van der Waals surface area contributed by atoms with Gasteiger partial charge in [0.25, 0.3) is 0 Å². The maximum atomic E-state index is 10.9. The Hall–Kier alpha value is -1.51. The van der Waals surface area contributed by atoms with Crippen molar-refractivity contribution in [3.8, 4) is 0 Å². The second-order valence-corrected chi connectivity index (χ2v) is 4.24. The van der Waals surface area contributed by atoms with Crippen LogP contribution < -0.4 is 21.3 Å². The van der Waals surface area contributed by atoms with Crippen LogP contribution >= 0.6 is 0 Å². The summed E-state index contributed by atoms with van der Waals surface area (Å²) in [6, 6.07) is 0. The number of carboxylic acid groups (broad SMARTS) is 1. The molecule has 0 aliphatic carbocycles. The van der Waals surface area contributed by atoms with Crippen molar-refractivity contribution >= 4 is 18.3 Å². The molecule has 116 valence electrons. The Morgan fingerprint density at radius 1 is 0.950 bits per heavy atom. The van der Waals surface area contributed by atoms with Crippen LogP contribution in [0.2, 0.25) is 0 Å². The Bertz CT molecular complexity index is 287. The molecule has 8 heteroatoms. The molecule has 0 spiro atoms. The average molecular weight is 288 g/mol. The second kappa shape index (κ2) is 13.9. The molecule has 2 amide bonds. The van der Waals surface area contributed by atoms with Crippen LogP contribution in [0.15, 0.2) is 0 Å². The fourth-order valence-corrected chi connectivity index (χ4v) is 1.49. The van der Waals surface area contributed by atoms with Gasteiger partial charge in [-0.15, -0.1) is 0 Å². The number of carboxylic acids is 1. The summed E-state index contributed by atoms with van der Waals surface area (Å²) in [6.07, 6.45) is 3.78. The number of amides is 2. The van der Waals surface area contributed by atoms with Gasteiger partial charge in [-0.05, 0) is 25.9 Å². The van der Waals surface area contributed by atoms with Gasteiger partial charge in [-0.2, -0.15) is 0 Å². The van der Waals surface area contributed by atoms with E-state index in [0.29, 0.717) is 26.0 Å². The van der Waals surface area contributed by atoms with E-state index in [4.69, 9.17) is 5.11 Å². The molecule has 0 radical (unpaired) electrons. The summed E-state index contributed by atoms with van der Waals surface area (Å²) in [5.41, 5.74) is 0. The van der Waals surface area contributed by atoms with E-state index in [1.165, 1.54) is 0 Å². The van der Waals surface area contributed by atoms with Crippen LogP contribution in [0.3, 0.4) is 0 Å². The molecule has 0 atom stereocenters. The monoisotopic (exact) mass is 288 g/mol. The lowest BCUT2D eigenvalue weighted by Crippen LogP contribution is -2.33. The van der Waals surface area contributed by atoms with Crippen LogP contribution in [-0.2, 0) is 14.4 Å². The Labute approximate surface area is 118 Å². The number of carbonyl (C=O) groups is 3. The second-order valence-electron chi connectivity index (χ2n) is 4.24. The third-order valence-electron chi connectivity index (χ3n) is 2.48. The van der Waals surface area contributed by atoms with Gasteiger partial charge in [0, 0.05) is 19.6 Å². The molecule has 0 heterocycles. The van der Waals surface area contributed by atoms with Gasteiger partial charge in [0.15, 0.2) is 0 Å². The molecule has 20 heavy (non-hydrogen) atoms. The molecule has 0 bridgehead atoms. The van der Waals surface area contributed by atoms with E-state index in [0.717, 1.165) is 32.4 Å². The Morgan fingerprint density at radius 2 is 1.65 bits per heavy atom. The number of unbranched alkanes of at least 4 members (excludes halogenated alkanes) is 2. The first-order valence-corrected chi connectivity index (χ1v) is 6.73. The van der Waals surface area contributed by atoms with Gasteiger partial charge in [0.05, 0.1) is 6.54 Å². The van der Waals surface area contributed by atoms with Crippen molar-refractivity contribution in [2.45, 2.75) is 25.7 Å². The zero-order valence-electron chi connectivity index (χ0n) is 11.6. The third kappa shape index (κ3) is 14.6. The fraction of sp³-hybridized carbons (Fsp3) is 0.750. The highest BCUT2D eigenvalue weighted by Gasteiger charge is 1.98. The summed E-state index contributed by atoms with van der Waals surface area (Å²) in [4.78, 5) is 31.1. The normalized spacial score (nSPS) is 10.2. The first-order valence-electron chi connectivity index (χ1n) is 6.73. The SMILES string of the molecule is O=CNC(=O)CCNCCCCCNCNCC(=O)O. The first kappa shape index (κ1) is 18.5. The number of rotatable bonds is 14. The highest BCUT2D eigenvalue weighted by molar-refractivity contribution is 5.85. The number of hydrogen-bond acceptors (Lipinski definition) is 6. The maximum Gasteiger partial charge on any atom is 0.317 e. The van der Waals surface area contributed by atoms with Gasteiger partial charge >= 0.3 is 5.97 Å². The lowest BCUT2D eigenvalue weighted by atomic mass is 10.2. The Morgan fingerprint density at radius 3 is 2.30 bits per heavy atom. The van der Waals surface area contributed by atoms with Gasteiger partial charge in [0.2, 0.25) is 12.3 Å². The van der Waals surface area contributed by atoms with Gasteiger partial charge in [-0.3, -0.25) is 25.0 Å². The summed E-state index contributed by atoms with van der Waals surface area (Å²) in [5, 5.41) is 19.4. The van der Waals surface area contributed by atoms with Crippen LogP contribution in [0.25, 0.3) is 0 Å². The van der Waals surface area contributed by atoms with Gasteiger partial charge in [-0.1, -0.05) is 6.42 Å². The molecule has 0 saturated carbocycles. The largest absolute Gasteiger partial charge is 0.480 e. The van der Waals surface area contributed by atoms with E-state index in [2.05, 4.69) is 21.3 Å². The molecule has 0 aromatic carbocycles. The minimum atomic E-state index is -0.861. The lowest BCUT2D eigenvalue weighted by Gasteiger charge is -2.06. The van der Waals surface area contributed by atoms with Crippen LogP contribution in [0, 0.1) is 0 Å². The highest BCUT2D eigenvalue weighted by Crippen LogP contribution is 1.92. The number of carbonyl (C=O) groups excluding carboxylic acids is 2. The van der Waals surface area contributed by atoms with Crippen molar-refractivity contribution in [1.82, 2.24) is 21.3 Å². The average Bonchev–Trinajstić information content (AvgIpc) is 2.40. The summed E-state index contributed by atoms with van der Waals surface area (Å²) in [7, 11) is 0. The van der Waals surface area contributed by atoms with Gasteiger partial charge < -0.3 is 15.7 Å². The van der Waals surface area contributed by atoms with Crippen LogP contribution in [0.4, 0.5) is 0 Å². The predicted octanol–water partition coefficient (Wildman–Crippen LogP) is -1.37. The van der Waals surface area contributed by atoms with Crippen LogP contribution in [-0.4, -0.2) is 56.2 Å². The fourth-order valence-electron chi connectivity index (χ4n) is 1.49. The van der Waals surface area contributed by atoms with Gasteiger partial charge in [-0.25, -0.2) is 0 Å².